The second-order valence-corrected chi connectivity index (χ2v) is 8.66. The van der Waals surface area contributed by atoms with Gasteiger partial charge in [-0.3, -0.25) is 4.79 Å². The van der Waals surface area contributed by atoms with Crippen LogP contribution in [0, 0.1) is 0 Å². The van der Waals surface area contributed by atoms with Crippen LogP contribution >= 0.6 is 11.8 Å². The maximum absolute atomic E-state index is 12.5. The number of hydrogen-bond donors (Lipinski definition) is 1. The average molecular weight is 466 g/mol. The summed E-state index contributed by atoms with van der Waals surface area (Å²) in [5, 5.41) is 4.74. The van der Waals surface area contributed by atoms with Crippen molar-refractivity contribution in [2.45, 2.75) is 26.2 Å². The number of nitrogens with zero attached hydrogens (tertiary/aromatic N) is 2. The lowest BCUT2D eigenvalue weighted by Crippen LogP contribution is -2.25. The topological polar surface area (TPSA) is 73.3 Å². The van der Waals surface area contributed by atoms with Gasteiger partial charge < -0.3 is 14.8 Å². The van der Waals surface area contributed by atoms with Crippen LogP contribution in [0.15, 0.2) is 78.3 Å². The first-order chi connectivity index (χ1) is 15.8. The Morgan fingerprint density at radius 2 is 1.64 bits per heavy atom. The SMILES string of the molecule is COc1ccccc1.CS/C=C/CNC(=O)c1cnc(C(C)(C)C)nc1Oc1ccccc1. The molecule has 0 aliphatic heterocycles. The summed E-state index contributed by atoms with van der Waals surface area (Å²) < 4.78 is 10.8. The van der Waals surface area contributed by atoms with Crippen molar-refractivity contribution in [3.8, 4) is 17.4 Å². The molecule has 174 valence electrons. The summed E-state index contributed by atoms with van der Waals surface area (Å²) in [6, 6.07) is 19.0. The monoisotopic (exact) mass is 465 g/mol. The molecule has 1 N–H and O–H groups in total. The van der Waals surface area contributed by atoms with Crippen molar-refractivity contribution >= 4 is 17.7 Å². The normalized spacial score (nSPS) is 10.8. The number of ether oxygens (including phenoxy) is 2. The second-order valence-electron chi connectivity index (χ2n) is 7.91. The number of carbonyl (C=O) groups is 1. The van der Waals surface area contributed by atoms with Crippen molar-refractivity contribution in [1.82, 2.24) is 15.3 Å². The summed E-state index contributed by atoms with van der Waals surface area (Å²) in [5.41, 5.74) is 0.0691. The predicted octanol–water partition coefficient (Wildman–Crippen LogP) is 5.87. The van der Waals surface area contributed by atoms with Gasteiger partial charge in [-0.25, -0.2) is 4.98 Å². The van der Waals surface area contributed by atoms with Gasteiger partial charge in [-0.05, 0) is 35.9 Å². The minimum absolute atomic E-state index is 0.245. The lowest BCUT2D eigenvalue weighted by atomic mass is 9.95. The van der Waals surface area contributed by atoms with Crippen LogP contribution in [0.1, 0.15) is 37.0 Å². The fraction of sp³-hybridized carbons (Fsp3) is 0.269. The molecule has 0 unspecified atom stereocenters. The van der Waals surface area contributed by atoms with Gasteiger partial charge in [-0.1, -0.05) is 63.2 Å². The first-order valence-electron chi connectivity index (χ1n) is 10.5. The van der Waals surface area contributed by atoms with Crippen molar-refractivity contribution in [2.24, 2.45) is 0 Å². The summed E-state index contributed by atoms with van der Waals surface area (Å²) in [4.78, 5) is 21.3. The van der Waals surface area contributed by atoms with Crippen molar-refractivity contribution < 1.29 is 14.3 Å². The Hall–Kier alpha value is -3.32. The summed E-state index contributed by atoms with van der Waals surface area (Å²) in [6.07, 6.45) is 5.37. The van der Waals surface area contributed by atoms with E-state index in [2.05, 4.69) is 15.3 Å². The van der Waals surface area contributed by atoms with Gasteiger partial charge in [0, 0.05) is 18.2 Å². The van der Waals surface area contributed by atoms with Crippen LogP contribution in [0.2, 0.25) is 0 Å². The number of methoxy groups -OCH3 is 1. The summed E-state index contributed by atoms with van der Waals surface area (Å²) in [7, 11) is 1.66. The van der Waals surface area contributed by atoms with Gasteiger partial charge in [-0.2, -0.15) is 4.98 Å². The molecule has 3 aromatic rings. The molecule has 0 spiro atoms. The number of nitrogens with one attached hydrogen (secondary N) is 1. The Labute approximate surface area is 200 Å². The van der Waals surface area contributed by atoms with E-state index < -0.39 is 0 Å². The zero-order valence-corrected chi connectivity index (χ0v) is 20.6. The van der Waals surface area contributed by atoms with Gasteiger partial charge in [0.15, 0.2) is 0 Å². The summed E-state index contributed by atoms with van der Waals surface area (Å²) in [6.45, 7) is 6.48. The highest BCUT2D eigenvalue weighted by molar-refractivity contribution is 8.01. The highest BCUT2D eigenvalue weighted by Crippen LogP contribution is 2.26. The van der Waals surface area contributed by atoms with Gasteiger partial charge in [-0.15, -0.1) is 11.8 Å². The van der Waals surface area contributed by atoms with Crippen LogP contribution in [0.25, 0.3) is 0 Å². The fourth-order valence-electron chi connectivity index (χ4n) is 2.51. The summed E-state index contributed by atoms with van der Waals surface area (Å²) >= 11 is 1.58. The molecule has 0 aliphatic rings. The minimum Gasteiger partial charge on any atom is -0.497 e. The molecule has 0 aliphatic carbocycles. The zero-order chi connectivity index (χ0) is 24.1. The predicted molar refractivity (Wildman–Crippen MR) is 135 cm³/mol. The van der Waals surface area contributed by atoms with E-state index >= 15 is 0 Å². The van der Waals surface area contributed by atoms with E-state index in [-0.39, 0.29) is 17.2 Å². The molecule has 6 nitrogen and oxygen atoms in total. The van der Waals surface area contributed by atoms with Crippen LogP contribution in [-0.2, 0) is 5.41 Å². The molecule has 1 amide bonds. The first-order valence-corrected chi connectivity index (χ1v) is 11.8. The van der Waals surface area contributed by atoms with Gasteiger partial charge in [0.05, 0.1) is 7.11 Å². The molecule has 1 heterocycles. The number of hydrogen-bond acceptors (Lipinski definition) is 6. The number of carbonyl (C=O) groups excluding carboxylic acids is 1. The van der Waals surface area contributed by atoms with Gasteiger partial charge in [0.25, 0.3) is 5.91 Å². The highest BCUT2D eigenvalue weighted by atomic mass is 32.2. The maximum Gasteiger partial charge on any atom is 0.258 e. The Kier molecular flexibility index (Phi) is 10.4. The van der Waals surface area contributed by atoms with Crippen LogP contribution in [0.5, 0.6) is 17.4 Å². The number of aromatic nitrogens is 2. The maximum atomic E-state index is 12.5. The van der Waals surface area contributed by atoms with Crippen LogP contribution in [0.4, 0.5) is 0 Å². The molecule has 0 saturated carbocycles. The van der Waals surface area contributed by atoms with Crippen LogP contribution in [-0.4, -0.2) is 35.8 Å². The van der Waals surface area contributed by atoms with Gasteiger partial charge in [0.2, 0.25) is 5.88 Å². The van der Waals surface area contributed by atoms with E-state index in [1.807, 2.05) is 99.2 Å². The molecule has 0 fully saturated rings. The summed E-state index contributed by atoms with van der Waals surface area (Å²) in [5.74, 6) is 2.15. The quantitative estimate of drug-likeness (QED) is 0.471. The third kappa shape index (κ3) is 8.98. The number of amides is 1. The Morgan fingerprint density at radius 3 is 2.15 bits per heavy atom. The smallest absolute Gasteiger partial charge is 0.258 e. The van der Waals surface area contributed by atoms with E-state index in [1.54, 1.807) is 18.9 Å². The van der Waals surface area contributed by atoms with E-state index in [1.165, 1.54) is 6.20 Å². The number of para-hydroxylation sites is 2. The molecular weight excluding hydrogens is 434 g/mol. The van der Waals surface area contributed by atoms with Gasteiger partial charge in [0.1, 0.15) is 22.9 Å². The molecule has 2 aromatic carbocycles. The molecule has 0 bridgehead atoms. The molecule has 33 heavy (non-hydrogen) atoms. The molecule has 0 saturated heterocycles. The highest BCUT2D eigenvalue weighted by Gasteiger charge is 2.22. The van der Waals surface area contributed by atoms with Crippen molar-refractivity contribution in [3.05, 3.63) is 89.7 Å². The number of benzene rings is 2. The lowest BCUT2D eigenvalue weighted by molar-refractivity contribution is 0.0954. The Bertz CT molecular complexity index is 1020. The second kappa shape index (κ2) is 13.3. The van der Waals surface area contributed by atoms with Crippen LogP contribution in [0.3, 0.4) is 0 Å². The molecule has 7 heteroatoms. The molecule has 0 radical (unpaired) electrons. The zero-order valence-electron chi connectivity index (χ0n) is 19.7. The van der Waals surface area contributed by atoms with Crippen LogP contribution < -0.4 is 14.8 Å². The van der Waals surface area contributed by atoms with E-state index in [0.29, 0.717) is 23.7 Å². The number of rotatable bonds is 7. The van der Waals surface area contributed by atoms with E-state index in [0.717, 1.165) is 5.75 Å². The van der Waals surface area contributed by atoms with Gasteiger partial charge >= 0.3 is 0 Å². The third-order valence-electron chi connectivity index (χ3n) is 4.22. The fourth-order valence-corrected chi connectivity index (χ4v) is 2.80. The molecule has 1 aromatic heterocycles. The minimum atomic E-state index is -0.267. The Balaban J connectivity index is 0.000000405. The average Bonchev–Trinajstić information content (AvgIpc) is 2.83. The standard InChI is InChI=1S/C19H23N3O2S.C7H8O/c1-19(2,3)18-21-13-15(16(23)20-11-8-12-25-4)17(22-18)24-14-9-6-5-7-10-14;1-8-7-5-3-2-4-6-7/h5-10,12-13H,11H2,1-4H3,(H,20,23);2-6H,1H3/b12-8+;. The van der Waals surface area contributed by atoms with Crippen molar-refractivity contribution in [3.63, 3.8) is 0 Å². The largest absolute Gasteiger partial charge is 0.497 e. The Morgan fingerprint density at radius 1 is 1.03 bits per heavy atom. The lowest BCUT2D eigenvalue weighted by Gasteiger charge is -2.18. The third-order valence-corrected chi connectivity index (χ3v) is 4.68. The molecular formula is C26H31N3O3S. The molecule has 0 atom stereocenters. The first kappa shape index (κ1) is 25.9. The van der Waals surface area contributed by atoms with E-state index in [4.69, 9.17) is 9.47 Å². The molecule has 3 rings (SSSR count). The van der Waals surface area contributed by atoms with Crippen molar-refractivity contribution in [2.75, 3.05) is 19.9 Å². The van der Waals surface area contributed by atoms with Crippen molar-refractivity contribution in [1.29, 1.82) is 0 Å². The number of thioether (sulfide) groups is 1. The van der Waals surface area contributed by atoms with E-state index in [9.17, 15) is 4.79 Å².